The Hall–Kier alpha value is -1.30. The molecule has 1 unspecified atom stereocenters. The molecule has 1 atom stereocenters. The van der Waals surface area contributed by atoms with Gasteiger partial charge in [-0.05, 0) is 19.4 Å². The molecule has 0 saturated carbocycles. The van der Waals surface area contributed by atoms with E-state index in [0.29, 0.717) is 0 Å². The lowest BCUT2D eigenvalue weighted by atomic mass is 9.84. The topological polar surface area (TPSA) is 41.6 Å². The third-order valence-corrected chi connectivity index (χ3v) is 2.39. The molecule has 0 radical (unpaired) electrons. The number of hydrogen-bond donors (Lipinski definition) is 0. The Bertz CT molecular complexity index is 321. The first-order valence-electron chi connectivity index (χ1n) is 4.49. The first-order valence-corrected chi connectivity index (χ1v) is 4.49. The third kappa shape index (κ3) is 2.32. The Balaban J connectivity index is 2.74. The standard InChI is InChI=1S/C10H15N3/c1-4-10(2,8-11)7-9-5-6-13(3)12-9/h5-6H,4,7H2,1-3H3. The van der Waals surface area contributed by atoms with Crippen LogP contribution in [0.3, 0.4) is 0 Å². The normalized spacial score (nSPS) is 14.9. The molecule has 1 rings (SSSR count). The van der Waals surface area contributed by atoms with Crippen molar-refractivity contribution in [3.63, 3.8) is 0 Å². The number of nitrogens with zero attached hydrogens (tertiary/aromatic N) is 3. The first-order chi connectivity index (χ1) is 6.09. The molecule has 0 aliphatic carbocycles. The fraction of sp³-hybridized carbons (Fsp3) is 0.600. The highest BCUT2D eigenvalue weighted by atomic mass is 15.2. The van der Waals surface area contributed by atoms with Gasteiger partial charge in [0.15, 0.2) is 0 Å². The Morgan fingerprint density at radius 2 is 2.38 bits per heavy atom. The zero-order valence-corrected chi connectivity index (χ0v) is 8.41. The van der Waals surface area contributed by atoms with Crippen LogP contribution in [-0.2, 0) is 13.5 Å². The summed E-state index contributed by atoms with van der Waals surface area (Å²) < 4.78 is 1.77. The van der Waals surface area contributed by atoms with E-state index in [2.05, 4.69) is 11.2 Å². The van der Waals surface area contributed by atoms with Gasteiger partial charge in [0.2, 0.25) is 0 Å². The van der Waals surface area contributed by atoms with Gasteiger partial charge in [0, 0.05) is 19.7 Å². The molecule has 0 aliphatic rings. The molecule has 0 amide bonds. The average Bonchev–Trinajstić information content (AvgIpc) is 2.51. The Kier molecular flexibility index (Phi) is 2.72. The predicted octanol–water partition coefficient (Wildman–Crippen LogP) is 1.90. The summed E-state index contributed by atoms with van der Waals surface area (Å²) in [7, 11) is 1.89. The van der Waals surface area contributed by atoms with Crippen molar-refractivity contribution in [2.24, 2.45) is 12.5 Å². The smallest absolute Gasteiger partial charge is 0.0690 e. The van der Waals surface area contributed by atoms with Crippen LogP contribution in [-0.4, -0.2) is 9.78 Å². The van der Waals surface area contributed by atoms with Crippen LogP contribution in [0.25, 0.3) is 0 Å². The molecule has 0 fully saturated rings. The second-order valence-electron chi connectivity index (χ2n) is 3.68. The minimum atomic E-state index is -0.269. The molecule has 3 heteroatoms. The van der Waals surface area contributed by atoms with Crippen LogP contribution in [0.2, 0.25) is 0 Å². The van der Waals surface area contributed by atoms with Gasteiger partial charge in [0.25, 0.3) is 0 Å². The zero-order valence-electron chi connectivity index (χ0n) is 8.41. The highest BCUT2D eigenvalue weighted by molar-refractivity contribution is 5.08. The summed E-state index contributed by atoms with van der Waals surface area (Å²) in [6, 6.07) is 4.30. The summed E-state index contributed by atoms with van der Waals surface area (Å²) in [5.74, 6) is 0. The molecule has 1 aromatic rings. The SMILES string of the molecule is CCC(C)(C#N)Cc1ccn(C)n1. The van der Waals surface area contributed by atoms with E-state index >= 15 is 0 Å². The molecule has 13 heavy (non-hydrogen) atoms. The molecule has 1 aromatic heterocycles. The highest BCUT2D eigenvalue weighted by Gasteiger charge is 2.22. The third-order valence-electron chi connectivity index (χ3n) is 2.39. The van der Waals surface area contributed by atoms with Crippen LogP contribution >= 0.6 is 0 Å². The van der Waals surface area contributed by atoms with Gasteiger partial charge >= 0.3 is 0 Å². The average molecular weight is 177 g/mol. The molecule has 3 nitrogen and oxygen atoms in total. The summed E-state index contributed by atoms with van der Waals surface area (Å²) >= 11 is 0. The number of aryl methyl sites for hydroxylation is 1. The molecular weight excluding hydrogens is 162 g/mol. The molecule has 0 aliphatic heterocycles. The highest BCUT2D eigenvalue weighted by Crippen LogP contribution is 2.24. The van der Waals surface area contributed by atoms with Gasteiger partial charge in [-0.1, -0.05) is 6.92 Å². The second-order valence-corrected chi connectivity index (χ2v) is 3.68. The maximum absolute atomic E-state index is 8.97. The Labute approximate surface area is 79.0 Å². The van der Waals surface area contributed by atoms with Crippen LogP contribution in [0, 0.1) is 16.7 Å². The van der Waals surface area contributed by atoms with Crippen LogP contribution in [0.15, 0.2) is 12.3 Å². The van der Waals surface area contributed by atoms with Crippen molar-refractivity contribution in [1.29, 1.82) is 5.26 Å². The first kappa shape index (κ1) is 9.79. The van der Waals surface area contributed by atoms with E-state index in [1.807, 2.05) is 33.2 Å². The fourth-order valence-electron chi connectivity index (χ4n) is 1.20. The van der Waals surface area contributed by atoms with Crippen LogP contribution in [0.5, 0.6) is 0 Å². The lowest BCUT2D eigenvalue weighted by Crippen LogP contribution is -2.16. The largest absolute Gasteiger partial charge is 0.276 e. The Morgan fingerprint density at radius 3 is 2.77 bits per heavy atom. The molecule has 0 bridgehead atoms. The van der Waals surface area contributed by atoms with Gasteiger partial charge < -0.3 is 0 Å². The fourth-order valence-corrected chi connectivity index (χ4v) is 1.20. The molecule has 0 saturated heterocycles. The summed E-state index contributed by atoms with van der Waals surface area (Å²) in [5, 5.41) is 13.2. The van der Waals surface area contributed by atoms with Gasteiger partial charge in [-0.25, -0.2) is 0 Å². The van der Waals surface area contributed by atoms with Crippen molar-refractivity contribution in [2.75, 3.05) is 0 Å². The van der Waals surface area contributed by atoms with Gasteiger partial charge in [0.1, 0.15) is 0 Å². The van der Waals surface area contributed by atoms with E-state index < -0.39 is 0 Å². The van der Waals surface area contributed by atoms with E-state index in [4.69, 9.17) is 5.26 Å². The van der Waals surface area contributed by atoms with Crippen LogP contribution in [0.4, 0.5) is 0 Å². The van der Waals surface area contributed by atoms with Gasteiger partial charge in [-0.3, -0.25) is 4.68 Å². The van der Waals surface area contributed by atoms with Crippen LogP contribution in [0.1, 0.15) is 26.0 Å². The van der Waals surface area contributed by atoms with Crippen LogP contribution < -0.4 is 0 Å². The lowest BCUT2D eigenvalue weighted by Gasteiger charge is -2.17. The van der Waals surface area contributed by atoms with E-state index in [-0.39, 0.29) is 5.41 Å². The quantitative estimate of drug-likeness (QED) is 0.707. The van der Waals surface area contributed by atoms with E-state index in [0.717, 1.165) is 18.5 Å². The lowest BCUT2D eigenvalue weighted by molar-refractivity contribution is 0.416. The number of rotatable bonds is 3. The maximum Gasteiger partial charge on any atom is 0.0690 e. The molecular formula is C10H15N3. The zero-order chi connectivity index (χ0) is 9.90. The van der Waals surface area contributed by atoms with Crippen molar-refractivity contribution in [1.82, 2.24) is 9.78 Å². The predicted molar refractivity (Wildman–Crippen MR) is 50.9 cm³/mol. The van der Waals surface area contributed by atoms with E-state index in [1.165, 1.54) is 0 Å². The number of hydrogen-bond acceptors (Lipinski definition) is 2. The maximum atomic E-state index is 8.97. The minimum Gasteiger partial charge on any atom is -0.276 e. The summed E-state index contributed by atoms with van der Waals surface area (Å²) in [6.07, 6.45) is 3.50. The van der Waals surface area contributed by atoms with Crippen molar-refractivity contribution in [3.8, 4) is 6.07 Å². The van der Waals surface area contributed by atoms with E-state index in [1.54, 1.807) is 4.68 Å². The molecule has 0 N–H and O–H groups in total. The van der Waals surface area contributed by atoms with Crippen molar-refractivity contribution >= 4 is 0 Å². The molecule has 70 valence electrons. The van der Waals surface area contributed by atoms with Crippen molar-refractivity contribution in [2.45, 2.75) is 26.7 Å². The minimum absolute atomic E-state index is 0.269. The summed E-state index contributed by atoms with van der Waals surface area (Å²) in [6.45, 7) is 4.01. The van der Waals surface area contributed by atoms with E-state index in [9.17, 15) is 0 Å². The van der Waals surface area contributed by atoms with Crippen molar-refractivity contribution in [3.05, 3.63) is 18.0 Å². The molecule has 0 aromatic carbocycles. The summed E-state index contributed by atoms with van der Waals surface area (Å²) in [5.41, 5.74) is 0.724. The number of aromatic nitrogens is 2. The molecule has 1 heterocycles. The summed E-state index contributed by atoms with van der Waals surface area (Å²) in [4.78, 5) is 0. The molecule has 0 spiro atoms. The van der Waals surface area contributed by atoms with Crippen molar-refractivity contribution < 1.29 is 0 Å². The Morgan fingerprint density at radius 1 is 1.69 bits per heavy atom. The second kappa shape index (κ2) is 3.61. The van der Waals surface area contributed by atoms with Gasteiger partial charge in [-0.2, -0.15) is 10.4 Å². The number of nitriles is 1. The monoisotopic (exact) mass is 177 g/mol. The van der Waals surface area contributed by atoms with Gasteiger partial charge in [0.05, 0.1) is 17.2 Å². The van der Waals surface area contributed by atoms with Gasteiger partial charge in [-0.15, -0.1) is 0 Å².